The van der Waals surface area contributed by atoms with Crippen LogP contribution in [0.1, 0.15) is 92.7 Å². The molecule has 3 aliphatic rings. The highest BCUT2D eigenvalue weighted by atomic mass is 15.2. The van der Waals surface area contributed by atoms with Crippen LogP contribution in [0, 0.1) is 0 Å². The molecule has 0 radical (unpaired) electrons. The smallest absolute Gasteiger partial charge is 0.225 e. The summed E-state index contributed by atoms with van der Waals surface area (Å²) in [6, 6.07) is 25.3. The largest absolute Gasteiger partial charge is 0.294 e. The number of imidazole rings is 1. The van der Waals surface area contributed by atoms with Crippen LogP contribution < -0.4 is 4.57 Å². The Morgan fingerprint density at radius 1 is 0.639 bits per heavy atom. The molecule has 2 saturated carbocycles. The first-order valence-corrected chi connectivity index (χ1v) is 14.3. The lowest BCUT2D eigenvalue weighted by Crippen LogP contribution is -2.30. The predicted octanol–water partition coefficient (Wildman–Crippen LogP) is 8.56. The van der Waals surface area contributed by atoms with Gasteiger partial charge in [-0.2, -0.15) is 4.57 Å². The Labute approximate surface area is 215 Å². The van der Waals surface area contributed by atoms with E-state index in [0.717, 1.165) is 6.54 Å². The van der Waals surface area contributed by atoms with Crippen LogP contribution in [0.5, 0.6) is 0 Å². The summed E-state index contributed by atoms with van der Waals surface area (Å²) in [5.41, 5.74) is 10.3. The Balaban J connectivity index is 1.49. The number of benzene rings is 3. The number of hydrogen-bond acceptors (Lipinski definition) is 0. The maximum absolute atomic E-state index is 2.59. The van der Waals surface area contributed by atoms with Crippen LogP contribution in [-0.4, -0.2) is 4.57 Å². The first kappa shape index (κ1) is 22.1. The lowest BCUT2D eigenvalue weighted by molar-refractivity contribution is -0.671. The third-order valence-corrected chi connectivity index (χ3v) is 9.10. The molecule has 2 heterocycles. The minimum absolute atomic E-state index is 0.652. The van der Waals surface area contributed by atoms with Crippen LogP contribution in [0.4, 0.5) is 0 Å². The zero-order valence-electron chi connectivity index (χ0n) is 21.3. The van der Waals surface area contributed by atoms with Crippen LogP contribution >= 0.6 is 0 Å². The lowest BCUT2D eigenvalue weighted by atomic mass is 9.77. The quantitative estimate of drug-likeness (QED) is 0.231. The monoisotopic (exact) mass is 473 g/mol. The van der Waals surface area contributed by atoms with Gasteiger partial charge < -0.3 is 0 Å². The highest BCUT2D eigenvalue weighted by Gasteiger charge is 2.35. The van der Waals surface area contributed by atoms with E-state index in [1.165, 1.54) is 98.0 Å². The minimum Gasteiger partial charge on any atom is -0.225 e. The van der Waals surface area contributed by atoms with E-state index in [-0.39, 0.29) is 0 Å². The van der Waals surface area contributed by atoms with Crippen molar-refractivity contribution in [3.8, 4) is 28.2 Å². The molecule has 0 saturated heterocycles. The molecule has 2 heteroatoms. The Kier molecular flexibility index (Phi) is 5.76. The fourth-order valence-electron chi connectivity index (χ4n) is 7.28. The molecular formula is C34H37N2+. The summed E-state index contributed by atoms with van der Waals surface area (Å²) < 4.78 is 5.06. The fourth-order valence-corrected chi connectivity index (χ4v) is 7.28. The van der Waals surface area contributed by atoms with Crippen LogP contribution in [0.3, 0.4) is 0 Å². The normalized spacial score (nSPS) is 18.2. The molecule has 2 fully saturated rings. The van der Waals surface area contributed by atoms with Crippen molar-refractivity contribution in [2.45, 2.75) is 82.6 Å². The van der Waals surface area contributed by atoms with Crippen LogP contribution in [0.25, 0.3) is 28.2 Å². The summed E-state index contributed by atoms with van der Waals surface area (Å²) in [7, 11) is 0. The summed E-state index contributed by atoms with van der Waals surface area (Å²) >= 11 is 0. The van der Waals surface area contributed by atoms with E-state index in [1.807, 2.05) is 0 Å². The van der Waals surface area contributed by atoms with E-state index in [1.54, 1.807) is 11.1 Å². The lowest BCUT2D eigenvalue weighted by Gasteiger charge is -2.29. The summed E-state index contributed by atoms with van der Waals surface area (Å²) in [6.07, 6.45) is 18.2. The van der Waals surface area contributed by atoms with Gasteiger partial charge in [0, 0.05) is 16.7 Å². The Morgan fingerprint density at radius 3 is 1.92 bits per heavy atom. The molecule has 0 atom stereocenters. The van der Waals surface area contributed by atoms with E-state index in [2.05, 4.69) is 88.3 Å². The SMILES string of the molecule is c1ccc(-c2cc(C3CCCCC3)c(-n3cc[n+]4c3-c3ccccc3C4)c(C3CCCCC3)c2)cc1. The molecule has 2 aliphatic carbocycles. The topological polar surface area (TPSA) is 8.81 Å². The number of rotatable bonds is 4. The molecule has 0 spiro atoms. The Morgan fingerprint density at radius 2 is 1.25 bits per heavy atom. The highest BCUT2D eigenvalue weighted by Crippen LogP contribution is 2.45. The molecule has 2 nitrogen and oxygen atoms in total. The van der Waals surface area contributed by atoms with Crippen molar-refractivity contribution in [2.75, 3.05) is 0 Å². The van der Waals surface area contributed by atoms with Gasteiger partial charge in [0.1, 0.15) is 24.6 Å². The van der Waals surface area contributed by atoms with Crippen molar-refractivity contribution in [2.24, 2.45) is 0 Å². The fraction of sp³-hybridized carbons (Fsp3) is 0.382. The second-order valence-electron chi connectivity index (χ2n) is 11.3. The molecule has 0 unspecified atom stereocenters. The van der Waals surface area contributed by atoms with Crippen LogP contribution in [0.2, 0.25) is 0 Å². The highest BCUT2D eigenvalue weighted by molar-refractivity contribution is 5.72. The number of nitrogens with zero attached hydrogens (tertiary/aromatic N) is 2. The maximum Gasteiger partial charge on any atom is 0.294 e. The van der Waals surface area contributed by atoms with Gasteiger partial charge in [0.05, 0.1) is 5.56 Å². The number of hydrogen-bond donors (Lipinski definition) is 0. The van der Waals surface area contributed by atoms with Gasteiger partial charge in [0.15, 0.2) is 0 Å². The van der Waals surface area contributed by atoms with E-state index >= 15 is 0 Å². The van der Waals surface area contributed by atoms with Gasteiger partial charge >= 0.3 is 0 Å². The summed E-state index contributed by atoms with van der Waals surface area (Å²) in [5.74, 6) is 2.67. The minimum atomic E-state index is 0.652. The molecule has 4 aromatic rings. The average molecular weight is 474 g/mol. The summed E-state index contributed by atoms with van der Waals surface area (Å²) in [4.78, 5) is 0. The molecule has 3 aromatic carbocycles. The first-order valence-electron chi connectivity index (χ1n) is 14.3. The van der Waals surface area contributed by atoms with Gasteiger partial charge in [0.25, 0.3) is 5.82 Å². The molecule has 182 valence electrons. The maximum atomic E-state index is 2.59. The predicted molar refractivity (Wildman–Crippen MR) is 148 cm³/mol. The van der Waals surface area contributed by atoms with Crippen molar-refractivity contribution in [1.82, 2.24) is 4.57 Å². The number of fused-ring (bicyclic) bond motifs is 3. The van der Waals surface area contributed by atoms with E-state index < -0.39 is 0 Å². The van der Waals surface area contributed by atoms with Crippen molar-refractivity contribution in [3.63, 3.8) is 0 Å². The van der Waals surface area contributed by atoms with E-state index in [4.69, 9.17) is 0 Å². The molecule has 36 heavy (non-hydrogen) atoms. The molecule has 1 aromatic heterocycles. The molecule has 7 rings (SSSR count). The van der Waals surface area contributed by atoms with Gasteiger partial charge in [-0.1, -0.05) is 87.1 Å². The van der Waals surface area contributed by atoms with Crippen molar-refractivity contribution in [1.29, 1.82) is 0 Å². The van der Waals surface area contributed by atoms with Crippen LogP contribution in [0.15, 0.2) is 79.1 Å². The van der Waals surface area contributed by atoms with Crippen LogP contribution in [-0.2, 0) is 6.54 Å². The second kappa shape index (κ2) is 9.39. The van der Waals surface area contributed by atoms with Gasteiger partial charge in [0.2, 0.25) is 0 Å². The molecule has 0 bridgehead atoms. The van der Waals surface area contributed by atoms with Gasteiger partial charge in [-0.3, -0.25) is 0 Å². The Hall–Kier alpha value is -3.13. The van der Waals surface area contributed by atoms with Crippen molar-refractivity contribution < 1.29 is 4.57 Å². The van der Waals surface area contributed by atoms with Crippen molar-refractivity contribution >= 4 is 0 Å². The summed E-state index contributed by atoms with van der Waals surface area (Å²) in [5, 5.41) is 0. The second-order valence-corrected chi connectivity index (χ2v) is 11.3. The zero-order chi connectivity index (χ0) is 23.9. The third-order valence-electron chi connectivity index (χ3n) is 9.10. The zero-order valence-corrected chi connectivity index (χ0v) is 21.3. The first-order chi connectivity index (χ1) is 17.9. The van der Waals surface area contributed by atoms with Gasteiger partial charge in [-0.05, 0) is 66.8 Å². The van der Waals surface area contributed by atoms with E-state index in [9.17, 15) is 0 Å². The third kappa shape index (κ3) is 3.82. The molecule has 0 amide bonds. The molecule has 1 aliphatic heterocycles. The van der Waals surface area contributed by atoms with Gasteiger partial charge in [-0.15, -0.1) is 0 Å². The summed E-state index contributed by atoms with van der Waals surface area (Å²) in [6.45, 7) is 0.984. The molecule has 0 N–H and O–H groups in total. The van der Waals surface area contributed by atoms with E-state index in [0.29, 0.717) is 11.8 Å². The number of aromatic nitrogens is 2. The standard InChI is InChI=1S/C34H37N2/c1-4-12-25(13-5-1)29-22-31(26-14-6-2-7-15-26)33(32(23-29)27-16-8-3-9-17-27)36-21-20-35-24-28-18-10-11-19-30(28)34(35)36/h1,4-5,10-13,18-23,26-27H,2-3,6-9,14-17,24H2/q+1. The average Bonchev–Trinajstić information content (AvgIpc) is 3.53. The van der Waals surface area contributed by atoms with Crippen molar-refractivity contribution in [3.05, 3.63) is 95.8 Å². The van der Waals surface area contributed by atoms with Gasteiger partial charge in [-0.25, -0.2) is 4.57 Å². The molecular weight excluding hydrogens is 436 g/mol. The Bertz CT molecular complexity index is 1330.